The largest absolute Gasteiger partial charge is 0.323 e. The highest BCUT2D eigenvalue weighted by molar-refractivity contribution is 7.85. The Morgan fingerprint density at radius 2 is 1.80 bits per heavy atom. The third kappa shape index (κ3) is 20.0. The third-order valence-corrected chi connectivity index (χ3v) is 2.08. The summed E-state index contributed by atoms with van der Waals surface area (Å²) in [5.41, 5.74) is 0. The van der Waals surface area contributed by atoms with E-state index in [-0.39, 0.29) is 12.8 Å². The monoisotopic (exact) mass is 247 g/mol. The molecular weight excluding hydrogens is 228 g/mol. The summed E-state index contributed by atoms with van der Waals surface area (Å²) in [4.78, 5) is 0. The van der Waals surface area contributed by atoms with Crippen LogP contribution in [0.2, 0.25) is 0 Å². The van der Waals surface area contributed by atoms with Crippen molar-refractivity contribution in [3.63, 3.8) is 0 Å². The van der Waals surface area contributed by atoms with Crippen molar-refractivity contribution in [3.05, 3.63) is 0 Å². The zero-order chi connectivity index (χ0) is 12.3. The summed E-state index contributed by atoms with van der Waals surface area (Å²) >= 11 is 0. The number of hydrogen-bond acceptors (Lipinski definition) is 3. The first-order valence-electron chi connectivity index (χ1n) is 4.61. The number of rotatable bonds is 6. The van der Waals surface area contributed by atoms with E-state index in [9.17, 15) is 17.2 Å². The van der Waals surface area contributed by atoms with Gasteiger partial charge in [0, 0.05) is 0 Å². The predicted molar refractivity (Wildman–Crippen MR) is 56.1 cm³/mol. The lowest BCUT2D eigenvalue weighted by atomic mass is 10.2. The van der Waals surface area contributed by atoms with Gasteiger partial charge >= 0.3 is 0 Å². The molecule has 0 rings (SSSR count). The first kappa shape index (κ1) is 17.1. The van der Waals surface area contributed by atoms with Crippen molar-refractivity contribution in [2.24, 2.45) is 0 Å². The molecule has 1 unspecified atom stereocenters. The van der Waals surface area contributed by atoms with Crippen molar-refractivity contribution in [2.75, 3.05) is 26.5 Å². The normalized spacial score (nSPS) is 12.9. The molecule has 0 spiro atoms. The van der Waals surface area contributed by atoms with E-state index in [0.29, 0.717) is 6.42 Å². The highest BCUT2D eigenvalue weighted by Crippen LogP contribution is 2.06. The second-order valence-electron chi connectivity index (χ2n) is 3.03. The van der Waals surface area contributed by atoms with E-state index in [1.165, 1.54) is 0 Å². The van der Waals surface area contributed by atoms with Crippen LogP contribution in [0.3, 0.4) is 0 Å². The van der Waals surface area contributed by atoms with Gasteiger partial charge in [0.2, 0.25) is 0 Å². The minimum Gasteiger partial charge on any atom is -0.323 e. The Kier molecular flexibility index (Phi) is 11.7. The van der Waals surface area contributed by atoms with Crippen molar-refractivity contribution in [3.8, 4) is 0 Å². The van der Waals surface area contributed by atoms with E-state index in [0.717, 1.165) is 0 Å². The highest BCUT2D eigenvalue weighted by Gasteiger charge is 2.14. The number of hydrogen-bond donors (Lipinski definition) is 2. The molecule has 0 heterocycles. The van der Waals surface area contributed by atoms with Crippen molar-refractivity contribution < 1.29 is 21.8 Å². The van der Waals surface area contributed by atoms with Crippen LogP contribution in [0.5, 0.6) is 0 Å². The van der Waals surface area contributed by atoms with Gasteiger partial charge in [0.15, 0.2) is 0 Å². The molecule has 0 aliphatic carbocycles. The fourth-order valence-electron chi connectivity index (χ4n) is 0.772. The number of halogens is 2. The van der Waals surface area contributed by atoms with Gasteiger partial charge in [-0.05, 0) is 33.4 Å². The van der Waals surface area contributed by atoms with Crippen LogP contribution in [0.4, 0.5) is 8.78 Å². The maximum absolute atomic E-state index is 12.6. The molecule has 0 aromatic heterocycles. The SMILES string of the molecule is CNC.O=S(=O)(O)CC(F)CCCCF. The van der Waals surface area contributed by atoms with Gasteiger partial charge in [-0.1, -0.05) is 0 Å². The Hall–Kier alpha value is -0.270. The fourth-order valence-corrected chi connectivity index (χ4v) is 1.40. The molecule has 0 saturated heterocycles. The van der Waals surface area contributed by atoms with Crippen LogP contribution >= 0.6 is 0 Å². The Bertz CT molecular complexity index is 222. The van der Waals surface area contributed by atoms with E-state index >= 15 is 0 Å². The van der Waals surface area contributed by atoms with Crippen molar-refractivity contribution >= 4 is 10.1 Å². The standard InChI is InChI=1S/C6H12F2O3S.C2H7N/c7-4-2-1-3-6(8)5-12(9,10)11;1-3-2/h6H,1-5H2,(H,9,10,11);3H,1-2H3. The van der Waals surface area contributed by atoms with Crippen LogP contribution in [-0.4, -0.2) is 45.7 Å². The highest BCUT2D eigenvalue weighted by atomic mass is 32.2. The zero-order valence-electron chi connectivity index (χ0n) is 9.04. The molecule has 2 N–H and O–H groups in total. The van der Waals surface area contributed by atoms with Crippen LogP contribution in [0.15, 0.2) is 0 Å². The number of unbranched alkanes of at least 4 members (excludes halogenated alkanes) is 1. The Labute approximate surface area is 89.8 Å². The van der Waals surface area contributed by atoms with E-state index < -0.39 is 28.7 Å². The molecule has 0 amide bonds. The lowest BCUT2D eigenvalue weighted by Crippen LogP contribution is -2.16. The van der Waals surface area contributed by atoms with Crippen molar-refractivity contribution in [2.45, 2.75) is 25.4 Å². The van der Waals surface area contributed by atoms with E-state index in [1.54, 1.807) is 0 Å². The maximum atomic E-state index is 12.6. The molecule has 15 heavy (non-hydrogen) atoms. The minimum absolute atomic E-state index is 0.0241. The molecule has 0 aromatic rings. The van der Waals surface area contributed by atoms with Crippen LogP contribution < -0.4 is 5.32 Å². The zero-order valence-corrected chi connectivity index (χ0v) is 9.86. The van der Waals surface area contributed by atoms with Crippen LogP contribution in [0.1, 0.15) is 19.3 Å². The van der Waals surface area contributed by atoms with Gasteiger partial charge in [-0.25, -0.2) is 4.39 Å². The fraction of sp³-hybridized carbons (Fsp3) is 1.00. The second-order valence-corrected chi connectivity index (χ2v) is 4.53. The molecule has 0 fully saturated rings. The van der Waals surface area contributed by atoms with Crippen LogP contribution in [0, 0.1) is 0 Å². The molecule has 1 atom stereocenters. The van der Waals surface area contributed by atoms with Gasteiger partial charge in [-0.3, -0.25) is 8.94 Å². The molecular formula is C8H19F2NO3S. The summed E-state index contributed by atoms with van der Waals surface area (Å²) < 4.78 is 52.5. The molecule has 0 aliphatic rings. The van der Waals surface area contributed by atoms with Crippen molar-refractivity contribution in [1.82, 2.24) is 5.32 Å². The quantitative estimate of drug-likeness (QED) is 0.546. The molecule has 0 aliphatic heterocycles. The maximum Gasteiger partial charge on any atom is 0.267 e. The van der Waals surface area contributed by atoms with Gasteiger partial charge < -0.3 is 5.32 Å². The molecule has 0 aromatic carbocycles. The van der Waals surface area contributed by atoms with E-state index in [1.807, 2.05) is 14.1 Å². The molecule has 0 bridgehead atoms. The van der Waals surface area contributed by atoms with E-state index in [2.05, 4.69) is 5.32 Å². The lowest BCUT2D eigenvalue weighted by Gasteiger charge is -2.03. The first-order valence-corrected chi connectivity index (χ1v) is 6.22. The number of alkyl halides is 2. The molecule has 94 valence electrons. The third-order valence-electron chi connectivity index (χ3n) is 1.29. The van der Waals surface area contributed by atoms with Crippen molar-refractivity contribution in [1.29, 1.82) is 0 Å². The molecule has 4 nitrogen and oxygen atoms in total. The molecule has 0 saturated carbocycles. The average Bonchev–Trinajstić information content (AvgIpc) is 2.02. The van der Waals surface area contributed by atoms with Gasteiger partial charge in [0.05, 0.1) is 6.67 Å². The first-order chi connectivity index (χ1) is 6.87. The lowest BCUT2D eigenvalue weighted by molar-refractivity contribution is 0.319. The topological polar surface area (TPSA) is 66.4 Å². The average molecular weight is 247 g/mol. The minimum atomic E-state index is -4.23. The summed E-state index contributed by atoms with van der Waals surface area (Å²) in [5, 5.41) is 2.75. The second kappa shape index (κ2) is 10.3. The summed E-state index contributed by atoms with van der Waals surface area (Å²) in [7, 11) is -0.479. The van der Waals surface area contributed by atoms with Gasteiger partial charge in [-0.2, -0.15) is 8.42 Å². The van der Waals surface area contributed by atoms with E-state index in [4.69, 9.17) is 4.55 Å². The Morgan fingerprint density at radius 1 is 1.33 bits per heavy atom. The van der Waals surface area contributed by atoms with Gasteiger partial charge in [0.1, 0.15) is 11.9 Å². The van der Waals surface area contributed by atoms with Gasteiger partial charge in [0.25, 0.3) is 10.1 Å². The predicted octanol–water partition coefficient (Wildman–Crippen LogP) is 1.19. The smallest absolute Gasteiger partial charge is 0.267 e. The number of nitrogens with one attached hydrogen (secondary N) is 1. The summed E-state index contributed by atoms with van der Waals surface area (Å²) in [5.74, 6) is -0.890. The van der Waals surface area contributed by atoms with Gasteiger partial charge in [-0.15, -0.1) is 0 Å². The summed E-state index contributed by atoms with van der Waals surface area (Å²) in [6, 6.07) is 0. The Morgan fingerprint density at radius 3 is 2.13 bits per heavy atom. The molecule has 7 heteroatoms. The summed E-state index contributed by atoms with van der Waals surface area (Å²) in [6.07, 6.45) is -1.09. The molecule has 0 radical (unpaired) electrons. The summed E-state index contributed by atoms with van der Waals surface area (Å²) in [6.45, 7) is -0.529. The van der Waals surface area contributed by atoms with Crippen LogP contribution in [0.25, 0.3) is 0 Å². The Balaban J connectivity index is 0. The van der Waals surface area contributed by atoms with Crippen LogP contribution in [-0.2, 0) is 10.1 Å².